The summed E-state index contributed by atoms with van der Waals surface area (Å²) in [6.45, 7) is 0. The molecule has 3 aromatic rings. The molecule has 0 radical (unpaired) electrons. The summed E-state index contributed by atoms with van der Waals surface area (Å²) in [5.41, 5.74) is 1.73. The first-order valence-corrected chi connectivity index (χ1v) is 10.2. The first-order valence-electron chi connectivity index (χ1n) is 8.60. The number of aromatic nitrogens is 1. The number of pyridine rings is 1. The molecule has 1 aliphatic rings. The van der Waals surface area contributed by atoms with Crippen LogP contribution >= 0.6 is 35.2 Å². The van der Waals surface area contributed by atoms with E-state index in [0.717, 1.165) is 26.3 Å². The molecule has 1 aliphatic heterocycles. The van der Waals surface area contributed by atoms with Crippen molar-refractivity contribution < 1.29 is 9.47 Å². The van der Waals surface area contributed by atoms with E-state index in [1.807, 2.05) is 48.5 Å². The molecule has 1 aromatic carbocycles. The van der Waals surface area contributed by atoms with Gasteiger partial charge in [-0.2, -0.15) is 0 Å². The topological polar surface area (TPSA) is 46.6 Å². The zero-order valence-corrected chi connectivity index (χ0v) is 17.6. The van der Waals surface area contributed by atoms with E-state index in [4.69, 9.17) is 33.3 Å². The van der Waals surface area contributed by atoms with Crippen LogP contribution in [0.4, 0.5) is 5.69 Å². The Balaban J connectivity index is 1.87. The fourth-order valence-electron chi connectivity index (χ4n) is 3.38. The second kappa shape index (κ2) is 7.95. The van der Waals surface area contributed by atoms with E-state index in [1.165, 1.54) is 11.3 Å². The Morgan fingerprint density at radius 3 is 2.64 bits per heavy atom. The van der Waals surface area contributed by atoms with E-state index < -0.39 is 0 Å². The summed E-state index contributed by atoms with van der Waals surface area (Å²) in [6.07, 6.45) is 1.79. The molecule has 2 aromatic heterocycles. The molecule has 1 saturated heterocycles. The lowest BCUT2D eigenvalue weighted by Gasteiger charge is -2.28. The van der Waals surface area contributed by atoms with Crippen LogP contribution in [0.1, 0.15) is 22.7 Å². The van der Waals surface area contributed by atoms with Crippen molar-refractivity contribution in [3.63, 3.8) is 0 Å². The number of hydrogen-bond acceptors (Lipinski definition) is 5. The average molecular weight is 432 g/mol. The average Bonchev–Trinajstić information content (AvgIpc) is 3.30. The highest BCUT2D eigenvalue weighted by molar-refractivity contribution is 7.80. The van der Waals surface area contributed by atoms with E-state index in [9.17, 15) is 0 Å². The van der Waals surface area contributed by atoms with Gasteiger partial charge in [-0.05, 0) is 48.6 Å². The first-order chi connectivity index (χ1) is 13.6. The number of rotatable bonds is 5. The number of nitrogens with zero attached hydrogens (tertiary/aromatic N) is 2. The third-order valence-electron chi connectivity index (χ3n) is 4.63. The molecule has 0 aliphatic carbocycles. The summed E-state index contributed by atoms with van der Waals surface area (Å²) < 4.78 is 11.8. The minimum absolute atomic E-state index is 0.124. The fourth-order valence-corrected chi connectivity index (χ4v) is 4.90. The van der Waals surface area contributed by atoms with Gasteiger partial charge in [0.2, 0.25) is 0 Å². The molecule has 0 spiro atoms. The molecular weight excluding hydrogens is 414 g/mol. The molecule has 0 bridgehead atoms. The number of halogens is 1. The Labute approximate surface area is 177 Å². The molecule has 5 nitrogen and oxygen atoms in total. The Bertz CT molecular complexity index is 996. The number of ether oxygens (including phenoxy) is 2. The normalized spacial score (nSPS) is 18.8. The lowest BCUT2D eigenvalue weighted by atomic mass is 10.0. The monoisotopic (exact) mass is 431 g/mol. The van der Waals surface area contributed by atoms with Crippen molar-refractivity contribution in [2.24, 2.45) is 0 Å². The molecule has 3 heterocycles. The van der Waals surface area contributed by atoms with Crippen LogP contribution in [0.3, 0.4) is 0 Å². The number of thiocarbonyl (C=S) groups is 1. The van der Waals surface area contributed by atoms with E-state index in [2.05, 4.69) is 15.2 Å². The predicted octanol–water partition coefficient (Wildman–Crippen LogP) is 4.99. The van der Waals surface area contributed by atoms with E-state index in [-0.39, 0.29) is 12.1 Å². The van der Waals surface area contributed by atoms with Crippen molar-refractivity contribution in [1.29, 1.82) is 0 Å². The summed E-state index contributed by atoms with van der Waals surface area (Å²) in [6, 6.07) is 15.2. The molecule has 8 heteroatoms. The van der Waals surface area contributed by atoms with Gasteiger partial charge in [0.25, 0.3) is 0 Å². The summed E-state index contributed by atoms with van der Waals surface area (Å²) in [5.74, 6) is 1.43. The summed E-state index contributed by atoms with van der Waals surface area (Å²) in [5, 5.41) is 4.02. The smallest absolute Gasteiger partial charge is 0.174 e. The zero-order valence-electron chi connectivity index (χ0n) is 15.3. The second-order valence-corrected chi connectivity index (χ2v) is 8.31. The van der Waals surface area contributed by atoms with Gasteiger partial charge in [-0.1, -0.05) is 17.7 Å². The van der Waals surface area contributed by atoms with Crippen LogP contribution < -0.4 is 19.7 Å². The largest absolute Gasteiger partial charge is 0.497 e. The minimum Gasteiger partial charge on any atom is -0.497 e. The van der Waals surface area contributed by atoms with E-state index in [0.29, 0.717) is 10.9 Å². The maximum absolute atomic E-state index is 6.26. The number of methoxy groups -OCH3 is 2. The number of benzene rings is 1. The van der Waals surface area contributed by atoms with Crippen LogP contribution in [0.15, 0.2) is 54.7 Å². The van der Waals surface area contributed by atoms with Gasteiger partial charge in [-0.15, -0.1) is 11.3 Å². The highest BCUT2D eigenvalue weighted by Gasteiger charge is 2.42. The van der Waals surface area contributed by atoms with Crippen LogP contribution in [0, 0.1) is 0 Å². The minimum atomic E-state index is -0.126. The van der Waals surface area contributed by atoms with Crippen LogP contribution in [-0.4, -0.2) is 24.3 Å². The molecule has 1 fully saturated rings. The van der Waals surface area contributed by atoms with Gasteiger partial charge in [-0.25, -0.2) is 0 Å². The van der Waals surface area contributed by atoms with Crippen LogP contribution in [0.5, 0.6) is 11.5 Å². The number of thiophene rings is 1. The summed E-state index contributed by atoms with van der Waals surface area (Å²) in [4.78, 5) is 7.68. The summed E-state index contributed by atoms with van der Waals surface area (Å²) >= 11 is 13.5. The van der Waals surface area contributed by atoms with E-state index >= 15 is 0 Å². The van der Waals surface area contributed by atoms with Crippen LogP contribution in [-0.2, 0) is 0 Å². The van der Waals surface area contributed by atoms with Crippen molar-refractivity contribution in [1.82, 2.24) is 10.3 Å². The third kappa shape index (κ3) is 3.41. The van der Waals surface area contributed by atoms with Gasteiger partial charge in [0.15, 0.2) is 5.11 Å². The van der Waals surface area contributed by atoms with E-state index in [1.54, 1.807) is 20.4 Å². The highest BCUT2D eigenvalue weighted by Crippen LogP contribution is 2.47. The van der Waals surface area contributed by atoms with Gasteiger partial charge in [0.05, 0.1) is 42.0 Å². The van der Waals surface area contributed by atoms with Gasteiger partial charge in [0, 0.05) is 17.1 Å². The lowest BCUT2D eigenvalue weighted by Crippen LogP contribution is -2.29. The van der Waals surface area contributed by atoms with Gasteiger partial charge < -0.3 is 19.7 Å². The molecule has 0 amide bonds. The lowest BCUT2D eigenvalue weighted by molar-refractivity contribution is 0.403. The van der Waals surface area contributed by atoms with Crippen molar-refractivity contribution >= 4 is 46.0 Å². The van der Waals surface area contributed by atoms with Gasteiger partial charge in [-0.3, -0.25) is 4.98 Å². The second-order valence-electron chi connectivity index (χ2n) is 6.18. The molecule has 144 valence electrons. The van der Waals surface area contributed by atoms with Crippen molar-refractivity contribution in [2.45, 2.75) is 12.1 Å². The summed E-state index contributed by atoms with van der Waals surface area (Å²) in [7, 11) is 3.28. The molecule has 0 saturated carbocycles. The molecule has 4 rings (SSSR count). The van der Waals surface area contributed by atoms with Crippen molar-refractivity contribution in [3.8, 4) is 11.5 Å². The third-order valence-corrected chi connectivity index (χ3v) is 6.25. The quantitative estimate of drug-likeness (QED) is 0.574. The van der Waals surface area contributed by atoms with Gasteiger partial charge in [0.1, 0.15) is 11.5 Å². The van der Waals surface area contributed by atoms with Gasteiger partial charge >= 0.3 is 0 Å². The Morgan fingerprint density at radius 2 is 2.00 bits per heavy atom. The van der Waals surface area contributed by atoms with Crippen LogP contribution in [0.2, 0.25) is 4.34 Å². The highest BCUT2D eigenvalue weighted by atomic mass is 35.5. The van der Waals surface area contributed by atoms with Crippen LogP contribution in [0.25, 0.3) is 0 Å². The fraction of sp³-hybridized carbons (Fsp3) is 0.200. The van der Waals surface area contributed by atoms with Crippen molar-refractivity contribution in [2.75, 3.05) is 19.1 Å². The molecule has 0 unspecified atom stereocenters. The number of anilines is 1. The number of nitrogens with one attached hydrogen (secondary N) is 1. The Morgan fingerprint density at radius 1 is 1.14 bits per heavy atom. The standard InChI is InChI=1S/C20H18ClN3O2S2/c1-25-12-6-7-15(26-2)14(11-12)24-19(16-8-9-17(21)28-16)18(23-20(24)27)13-5-3-4-10-22-13/h3-11,18-19H,1-2H3,(H,23,27)/t18-,19+/m0/s1. The maximum atomic E-state index is 6.26. The SMILES string of the molecule is COc1ccc(OC)c(N2C(=S)N[C@@H](c3ccccn3)[C@H]2c2ccc(Cl)s2)c1. The molecule has 28 heavy (non-hydrogen) atoms. The Kier molecular flexibility index (Phi) is 5.39. The zero-order chi connectivity index (χ0) is 19.7. The first kappa shape index (κ1) is 19.0. The Hall–Kier alpha value is -2.35. The molecular formula is C20H18ClN3O2S2. The molecule has 1 N–H and O–H groups in total. The maximum Gasteiger partial charge on any atom is 0.174 e. The number of hydrogen-bond donors (Lipinski definition) is 1. The predicted molar refractivity (Wildman–Crippen MR) is 117 cm³/mol. The van der Waals surface area contributed by atoms with Crippen molar-refractivity contribution in [3.05, 3.63) is 69.6 Å². The molecule has 2 atom stereocenters.